The van der Waals surface area contributed by atoms with Crippen molar-refractivity contribution in [2.45, 2.75) is 71.3 Å². The van der Waals surface area contributed by atoms with Gasteiger partial charge in [0.05, 0.1) is 25.3 Å². The molecule has 2 atom stereocenters. The molecule has 1 aliphatic heterocycles. The second-order valence-electron chi connectivity index (χ2n) is 7.72. The summed E-state index contributed by atoms with van der Waals surface area (Å²) in [6.07, 6.45) is -0.356. The summed E-state index contributed by atoms with van der Waals surface area (Å²) in [6.45, 7) is 10.6. The second kappa shape index (κ2) is 7.49. The largest absolute Gasteiger partial charge is 0.458 e. The number of hydrogen-bond donors (Lipinski definition) is 1. The standard InChI is InChI=1S/C16H29NO6/c1-15(2,3)22-13(19)10-21-12-7-11(9-18)17(8-12)14(20)23-16(4,5)6/h11-12,18H,7-10H2,1-6H3/t11-,12-/m0/s1. The van der Waals surface area contributed by atoms with Gasteiger partial charge in [-0.1, -0.05) is 0 Å². The van der Waals surface area contributed by atoms with Crippen LogP contribution in [0, 0.1) is 0 Å². The van der Waals surface area contributed by atoms with Gasteiger partial charge in [-0.2, -0.15) is 0 Å². The van der Waals surface area contributed by atoms with Crippen molar-refractivity contribution in [2.24, 2.45) is 0 Å². The van der Waals surface area contributed by atoms with Crippen molar-refractivity contribution >= 4 is 12.1 Å². The van der Waals surface area contributed by atoms with Gasteiger partial charge in [-0.3, -0.25) is 0 Å². The van der Waals surface area contributed by atoms with Crippen molar-refractivity contribution in [2.75, 3.05) is 19.8 Å². The molecular formula is C16H29NO6. The van der Waals surface area contributed by atoms with Crippen molar-refractivity contribution in [1.82, 2.24) is 4.90 Å². The Bertz CT molecular complexity index is 423. The van der Waals surface area contributed by atoms with Crippen LogP contribution in [0.5, 0.6) is 0 Å². The van der Waals surface area contributed by atoms with Crippen molar-refractivity contribution in [1.29, 1.82) is 0 Å². The Balaban J connectivity index is 2.52. The number of hydrogen-bond acceptors (Lipinski definition) is 6. The third kappa shape index (κ3) is 7.18. The fraction of sp³-hybridized carbons (Fsp3) is 0.875. The number of aliphatic hydroxyl groups is 1. The van der Waals surface area contributed by atoms with Crippen LogP contribution in [0.4, 0.5) is 4.79 Å². The highest BCUT2D eigenvalue weighted by molar-refractivity contribution is 5.71. The first-order valence-electron chi connectivity index (χ1n) is 7.85. The molecule has 0 spiro atoms. The van der Waals surface area contributed by atoms with E-state index in [0.29, 0.717) is 6.42 Å². The number of rotatable bonds is 4. The summed E-state index contributed by atoms with van der Waals surface area (Å²) >= 11 is 0. The lowest BCUT2D eigenvalue weighted by Crippen LogP contribution is -2.41. The first kappa shape index (κ1) is 19.7. The van der Waals surface area contributed by atoms with Gasteiger partial charge in [0.2, 0.25) is 0 Å². The molecule has 1 aliphatic rings. The zero-order valence-electron chi connectivity index (χ0n) is 14.9. The fourth-order valence-corrected chi connectivity index (χ4v) is 2.27. The van der Waals surface area contributed by atoms with Crippen molar-refractivity contribution in [3.05, 3.63) is 0 Å². The molecule has 7 nitrogen and oxygen atoms in total. The van der Waals surface area contributed by atoms with Crippen molar-refractivity contribution in [3.63, 3.8) is 0 Å². The number of likely N-dealkylation sites (tertiary alicyclic amines) is 1. The van der Waals surface area contributed by atoms with Gasteiger partial charge in [0, 0.05) is 0 Å². The molecule has 0 aromatic rings. The SMILES string of the molecule is CC(C)(C)OC(=O)CO[C@H]1C[C@@H](CO)N(C(=O)OC(C)(C)C)C1. The van der Waals surface area contributed by atoms with Gasteiger partial charge in [-0.05, 0) is 48.0 Å². The van der Waals surface area contributed by atoms with Crippen molar-refractivity contribution < 1.29 is 28.9 Å². The quantitative estimate of drug-likeness (QED) is 0.790. The van der Waals surface area contributed by atoms with Gasteiger partial charge < -0.3 is 24.2 Å². The van der Waals surface area contributed by atoms with Gasteiger partial charge in [-0.25, -0.2) is 9.59 Å². The maximum Gasteiger partial charge on any atom is 0.410 e. The molecule has 0 aromatic carbocycles. The molecule has 23 heavy (non-hydrogen) atoms. The normalized spacial score (nSPS) is 22.1. The first-order chi connectivity index (χ1) is 10.4. The summed E-state index contributed by atoms with van der Waals surface area (Å²) in [5.41, 5.74) is -1.17. The van der Waals surface area contributed by atoms with E-state index in [1.807, 2.05) is 0 Å². The summed E-state index contributed by atoms with van der Waals surface area (Å²) in [6, 6.07) is -0.367. The van der Waals surface area contributed by atoms with Gasteiger partial charge in [-0.15, -0.1) is 0 Å². The highest BCUT2D eigenvalue weighted by Gasteiger charge is 2.38. The molecule has 7 heteroatoms. The Hall–Kier alpha value is -1.34. The molecule has 0 radical (unpaired) electrons. The minimum Gasteiger partial charge on any atom is -0.458 e. The van der Waals surface area contributed by atoms with Crippen LogP contribution in [0.3, 0.4) is 0 Å². The van der Waals surface area contributed by atoms with Crippen LogP contribution in [0.1, 0.15) is 48.0 Å². The van der Waals surface area contributed by atoms with Crippen molar-refractivity contribution in [3.8, 4) is 0 Å². The molecule has 0 aromatic heterocycles. The lowest BCUT2D eigenvalue weighted by atomic mass is 10.2. The first-order valence-corrected chi connectivity index (χ1v) is 7.85. The van der Waals surface area contributed by atoms with Crippen LogP contribution < -0.4 is 0 Å². The molecule has 1 amide bonds. The number of amides is 1. The third-order valence-corrected chi connectivity index (χ3v) is 3.07. The number of carbonyl (C=O) groups excluding carboxylic acids is 2. The molecule has 0 aliphatic carbocycles. The molecular weight excluding hydrogens is 302 g/mol. The summed E-state index contributed by atoms with van der Waals surface area (Å²) in [7, 11) is 0. The predicted octanol–water partition coefficient (Wildman–Crippen LogP) is 1.71. The summed E-state index contributed by atoms with van der Waals surface area (Å²) in [5.74, 6) is -0.450. The molecule has 0 bridgehead atoms. The maximum atomic E-state index is 12.1. The van der Waals surface area contributed by atoms with E-state index >= 15 is 0 Å². The average Bonchev–Trinajstić information content (AvgIpc) is 2.75. The molecule has 1 rings (SSSR count). The van der Waals surface area contributed by atoms with E-state index in [4.69, 9.17) is 14.2 Å². The number of ether oxygens (including phenoxy) is 3. The van der Waals surface area contributed by atoms with E-state index in [-0.39, 0.29) is 31.9 Å². The average molecular weight is 331 g/mol. The van der Waals surface area contributed by atoms with E-state index in [0.717, 1.165) is 0 Å². The van der Waals surface area contributed by atoms with Gasteiger partial charge in [0.25, 0.3) is 0 Å². The Labute approximate surface area is 137 Å². The topological polar surface area (TPSA) is 85.3 Å². The number of esters is 1. The molecule has 1 saturated heterocycles. The predicted molar refractivity (Wildman–Crippen MR) is 84.0 cm³/mol. The lowest BCUT2D eigenvalue weighted by Gasteiger charge is -2.27. The van der Waals surface area contributed by atoms with E-state index in [1.54, 1.807) is 41.5 Å². The van der Waals surface area contributed by atoms with Gasteiger partial charge in [0.15, 0.2) is 0 Å². The molecule has 0 saturated carbocycles. The van der Waals surface area contributed by atoms with E-state index in [9.17, 15) is 14.7 Å². The summed E-state index contributed by atoms with van der Waals surface area (Å²) in [4.78, 5) is 25.3. The highest BCUT2D eigenvalue weighted by atomic mass is 16.6. The maximum absolute atomic E-state index is 12.1. The van der Waals surface area contributed by atoms with Gasteiger partial charge in [0.1, 0.15) is 17.8 Å². The molecule has 1 N–H and O–H groups in total. The van der Waals surface area contributed by atoms with Crippen LogP contribution >= 0.6 is 0 Å². The summed E-state index contributed by atoms with van der Waals surface area (Å²) in [5, 5.41) is 9.44. The minimum absolute atomic E-state index is 0.175. The Morgan fingerprint density at radius 3 is 2.13 bits per heavy atom. The Morgan fingerprint density at radius 1 is 1.09 bits per heavy atom. The van der Waals surface area contributed by atoms with E-state index in [1.165, 1.54) is 4.90 Å². The number of aliphatic hydroxyl groups excluding tert-OH is 1. The zero-order chi connectivity index (χ0) is 17.8. The molecule has 134 valence electrons. The minimum atomic E-state index is -0.605. The smallest absolute Gasteiger partial charge is 0.410 e. The third-order valence-electron chi connectivity index (χ3n) is 3.07. The van der Waals surface area contributed by atoms with E-state index < -0.39 is 23.3 Å². The monoisotopic (exact) mass is 331 g/mol. The van der Waals surface area contributed by atoms with Crippen LogP contribution in [-0.2, 0) is 19.0 Å². The zero-order valence-corrected chi connectivity index (χ0v) is 14.9. The lowest BCUT2D eigenvalue weighted by molar-refractivity contribution is -0.162. The van der Waals surface area contributed by atoms with Crippen LogP contribution in [0.25, 0.3) is 0 Å². The van der Waals surface area contributed by atoms with Crippen LogP contribution in [0.15, 0.2) is 0 Å². The number of nitrogens with zero attached hydrogens (tertiary/aromatic N) is 1. The molecule has 1 heterocycles. The van der Waals surface area contributed by atoms with E-state index in [2.05, 4.69) is 0 Å². The molecule has 1 fully saturated rings. The Kier molecular flexibility index (Phi) is 6.41. The summed E-state index contributed by atoms with van der Waals surface area (Å²) < 4.78 is 16.0. The molecule has 0 unspecified atom stereocenters. The van der Waals surface area contributed by atoms with Crippen LogP contribution in [-0.4, -0.2) is 65.2 Å². The fourth-order valence-electron chi connectivity index (χ4n) is 2.27. The second-order valence-corrected chi connectivity index (χ2v) is 7.72. The number of carbonyl (C=O) groups is 2. The van der Waals surface area contributed by atoms with Crippen LogP contribution in [0.2, 0.25) is 0 Å². The van der Waals surface area contributed by atoms with Gasteiger partial charge >= 0.3 is 12.1 Å². The Morgan fingerprint density at radius 2 is 1.65 bits per heavy atom. The highest BCUT2D eigenvalue weighted by Crippen LogP contribution is 2.23.